The number of amides is 2. The lowest BCUT2D eigenvalue weighted by Crippen LogP contribution is -2.60. The summed E-state index contributed by atoms with van der Waals surface area (Å²) in [5, 5.41) is 1.18. The summed E-state index contributed by atoms with van der Waals surface area (Å²) in [7, 11) is -4.11. The highest BCUT2D eigenvalue weighted by Crippen LogP contribution is 2.49. The summed E-state index contributed by atoms with van der Waals surface area (Å²) in [5.41, 5.74) is -3.14. The van der Waals surface area contributed by atoms with E-state index in [9.17, 15) is 31.2 Å². The van der Waals surface area contributed by atoms with Crippen LogP contribution in [0.2, 0.25) is 0 Å². The maximum atomic E-state index is 15.0. The van der Waals surface area contributed by atoms with Gasteiger partial charge < -0.3 is 10.1 Å². The molecule has 7 nitrogen and oxygen atoms in total. The van der Waals surface area contributed by atoms with Crippen molar-refractivity contribution in [3.63, 3.8) is 0 Å². The van der Waals surface area contributed by atoms with Crippen LogP contribution in [0.4, 0.5) is 26.3 Å². The fourth-order valence-electron chi connectivity index (χ4n) is 5.56. The number of nitrogens with one attached hydrogen (secondary N) is 2. The lowest BCUT2D eigenvalue weighted by molar-refractivity contribution is -0.201. The van der Waals surface area contributed by atoms with Crippen LogP contribution in [0.5, 0.6) is 5.75 Å². The molecule has 0 unspecified atom stereocenters. The van der Waals surface area contributed by atoms with E-state index in [1.165, 1.54) is 12.1 Å². The van der Waals surface area contributed by atoms with Gasteiger partial charge in [0, 0.05) is 12.8 Å². The predicted octanol–water partition coefficient (Wildman–Crippen LogP) is 6.48. The highest BCUT2D eigenvalue weighted by molar-refractivity contribution is 7.91. The van der Waals surface area contributed by atoms with Gasteiger partial charge in [0.25, 0.3) is 11.8 Å². The molecule has 2 amide bonds. The van der Waals surface area contributed by atoms with Crippen molar-refractivity contribution >= 4 is 27.4 Å². The van der Waals surface area contributed by atoms with Crippen LogP contribution in [-0.2, 0) is 31.6 Å². The van der Waals surface area contributed by atoms with Crippen molar-refractivity contribution in [3.05, 3.63) is 70.8 Å². The Hall–Kier alpha value is -3.55. The van der Waals surface area contributed by atoms with E-state index in [2.05, 4.69) is 0 Å². The number of carbonyl (C=O) groups is 2. The lowest BCUT2D eigenvalue weighted by Gasteiger charge is -2.41. The Labute approximate surface area is 262 Å². The van der Waals surface area contributed by atoms with Gasteiger partial charge in [0.05, 0.1) is 11.9 Å². The SMILES string of the molecule is O=C1N[C@@](c2ccc(OCCCCCC(F)(F)F)cc2)(C(F)(F)F)CC(c2ccc(CC3CC3)cc2)=C1C(=O)NS(=O)(=O)C1CC1. The first kappa shape index (κ1) is 33.8. The first-order chi connectivity index (χ1) is 21.6. The normalized spacial score (nSPS) is 20.8. The number of halogens is 6. The molecule has 1 aliphatic heterocycles. The third kappa shape index (κ3) is 8.05. The topological polar surface area (TPSA) is 102 Å². The Morgan fingerprint density at radius 3 is 2.13 bits per heavy atom. The Balaban J connectivity index is 1.42. The van der Waals surface area contributed by atoms with Crippen LogP contribution in [0.3, 0.4) is 0 Å². The van der Waals surface area contributed by atoms with E-state index in [0.29, 0.717) is 25.2 Å². The van der Waals surface area contributed by atoms with Gasteiger partial charge in [0.15, 0.2) is 5.54 Å². The number of sulfonamides is 1. The number of ether oxygens (including phenoxy) is 1. The fourth-order valence-corrected chi connectivity index (χ4v) is 6.84. The van der Waals surface area contributed by atoms with E-state index in [1.807, 2.05) is 10.0 Å². The second-order valence-corrected chi connectivity index (χ2v) is 14.2. The number of rotatable bonds is 13. The third-order valence-electron chi connectivity index (χ3n) is 8.45. The molecular formula is C32H34F6N2O5S. The zero-order chi connectivity index (χ0) is 33.3. The van der Waals surface area contributed by atoms with Crippen molar-refractivity contribution in [2.24, 2.45) is 5.92 Å². The molecule has 0 bridgehead atoms. The van der Waals surface area contributed by atoms with Crippen LogP contribution in [0.15, 0.2) is 54.1 Å². The molecule has 0 radical (unpaired) electrons. The molecule has 0 aromatic heterocycles. The summed E-state index contributed by atoms with van der Waals surface area (Å²) in [6.07, 6.45) is -6.95. The number of unbranched alkanes of at least 4 members (excludes halogenated alkanes) is 2. The Bertz CT molecular complexity index is 1580. The molecule has 2 saturated carbocycles. The molecule has 0 saturated heterocycles. The van der Waals surface area contributed by atoms with Crippen LogP contribution < -0.4 is 14.8 Å². The van der Waals surface area contributed by atoms with Gasteiger partial charge in [-0.25, -0.2) is 13.1 Å². The second kappa shape index (κ2) is 12.9. The molecule has 1 heterocycles. The third-order valence-corrected chi connectivity index (χ3v) is 10.3. The van der Waals surface area contributed by atoms with Crippen molar-refractivity contribution in [2.75, 3.05) is 6.61 Å². The first-order valence-electron chi connectivity index (χ1n) is 15.2. The monoisotopic (exact) mass is 672 g/mol. The van der Waals surface area contributed by atoms with Gasteiger partial charge in [-0.2, -0.15) is 26.3 Å². The van der Waals surface area contributed by atoms with E-state index < -0.39 is 63.4 Å². The van der Waals surface area contributed by atoms with Gasteiger partial charge in [-0.3, -0.25) is 9.59 Å². The predicted molar refractivity (Wildman–Crippen MR) is 157 cm³/mol. The van der Waals surface area contributed by atoms with Crippen molar-refractivity contribution < 1.29 is 49.1 Å². The van der Waals surface area contributed by atoms with Crippen LogP contribution in [0, 0.1) is 5.92 Å². The highest BCUT2D eigenvalue weighted by atomic mass is 32.2. The Kier molecular flexibility index (Phi) is 9.49. The molecule has 2 aromatic rings. The van der Waals surface area contributed by atoms with Gasteiger partial charge in [0.1, 0.15) is 11.3 Å². The summed E-state index contributed by atoms with van der Waals surface area (Å²) in [6, 6.07) is 11.3. The van der Waals surface area contributed by atoms with E-state index in [1.54, 1.807) is 24.3 Å². The van der Waals surface area contributed by atoms with Gasteiger partial charge in [0.2, 0.25) is 10.0 Å². The molecule has 1 atom stereocenters. The summed E-state index contributed by atoms with van der Waals surface area (Å²) < 4.78 is 114. The minimum absolute atomic E-state index is 0.0597. The molecule has 2 fully saturated rings. The Morgan fingerprint density at radius 1 is 0.913 bits per heavy atom. The minimum atomic E-state index is -5.05. The van der Waals surface area contributed by atoms with E-state index in [-0.39, 0.29) is 41.9 Å². The van der Waals surface area contributed by atoms with Crippen molar-refractivity contribution in [1.82, 2.24) is 10.0 Å². The molecule has 46 heavy (non-hydrogen) atoms. The molecule has 250 valence electrons. The van der Waals surface area contributed by atoms with Gasteiger partial charge in [-0.05, 0) is 91.7 Å². The standard InChI is InChI=1S/C32H34F6N2O5S/c33-31(34,35)16-2-1-3-17-45-24-12-10-23(11-13-24)30(32(36,37)38)19-26(22-8-6-21(7-9-22)18-20-4-5-20)27(28(41)39-30)29(42)40-46(43,44)25-14-15-25/h6-13,20,25H,1-5,14-19H2,(H,39,41)(H,40,42)/t30-/m0/s1. The number of benzene rings is 2. The van der Waals surface area contributed by atoms with Crippen LogP contribution in [0.1, 0.15) is 74.5 Å². The van der Waals surface area contributed by atoms with Crippen LogP contribution in [0.25, 0.3) is 5.57 Å². The first-order valence-corrected chi connectivity index (χ1v) is 16.7. The maximum Gasteiger partial charge on any atom is 0.416 e. The largest absolute Gasteiger partial charge is 0.494 e. The smallest absolute Gasteiger partial charge is 0.416 e. The van der Waals surface area contributed by atoms with E-state index in [0.717, 1.165) is 37.0 Å². The van der Waals surface area contributed by atoms with E-state index in [4.69, 9.17) is 4.74 Å². The summed E-state index contributed by atoms with van der Waals surface area (Å²) in [5.74, 6) is -1.94. The number of carbonyl (C=O) groups excluding carboxylic acids is 2. The van der Waals surface area contributed by atoms with Crippen molar-refractivity contribution in [1.29, 1.82) is 0 Å². The van der Waals surface area contributed by atoms with E-state index >= 15 is 13.2 Å². The molecule has 14 heteroatoms. The van der Waals surface area contributed by atoms with Crippen LogP contribution in [-0.4, -0.2) is 44.4 Å². The summed E-state index contributed by atoms with van der Waals surface area (Å²) in [4.78, 5) is 26.7. The van der Waals surface area contributed by atoms with Gasteiger partial charge >= 0.3 is 12.4 Å². The summed E-state index contributed by atoms with van der Waals surface area (Å²) >= 11 is 0. The zero-order valence-electron chi connectivity index (χ0n) is 24.8. The molecule has 2 N–H and O–H groups in total. The zero-order valence-corrected chi connectivity index (χ0v) is 25.6. The van der Waals surface area contributed by atoms with Crippen molar-refractivity contribution in [3.8, 4) is 5.75 Å². The van der Waals surface area contributed by atoms with Gasteiger partial charge in [-0.1, -0.05) is 36.4 Å². The molecule has 5 rings (SSSR count). The van der Waals surface area contributed by atoms with Gasteiger partial charge in [-0.15, -0.1) is 0 Å². The molecular weight excluding hydrogens is 638 g/mol. The maximum absolute atomic E-state index is 15.0. The molecule has 2 aliphatic carbocycles. The number of alkyl halides is 6. The average Bonchev–Trinajstić information content (AvgIpc) is 3.88. The lowest BCUT2D eigenvalue weighted by atomic mass is 9.76. The highest BCUT2D eigenvalue weighted by Gasteiger charge is 2.60. The number of hydrogen-bond acceptors (Lipinski definition) is 5. The van der Waals surface area contributed by atoms with Crippen molar-refractivity contribution in [2.45, 2.75) is 87.3 Å². The summed E-state index contributed by atoms with van der Waals surface area (Å²) in [6.45, 7) is 0.0597. The molecule has 3 aliphatic rings. The molecule has 0 spiro atoms. The Morgan fingerprint density at radius 2 is 1.57 bits per heavy atom. The average molecular weight is 673 g/mol. The number of hydrogen-bond donors (Lipinski definition) is 2. The quantitative estimate of drug-likeness (QED) is 0.144. The molecule has 2 aromatic carbocycles. The second-order valence-electron chi connectivity index (χ2n) is 12.2. The van der Waals surface area contributed by atoms with Crippen LogP contribution >= 0.6 is 0 Å². The fraction of sp³-hybridized carbons (Fsp3) is 0.500. The minimum Gasteiger partial charge on any atom is -0.494 e.